The summed E-state index contributed by atoms with van der Waals surface area (Å²) in [4.78, 5) is 0. The predicted molar refractivity (Wildman–Crippen MR) is 78.6 cm³/mol. The lowest BCUT2D eigenvalue weighted by Gasteiger charge is -2.32. The summed E-state index contributed by atoms with van der Waals surface area (Å²) >= 11 is 4.96. The quantitative estimate of drug-likeness (QED) is 0.717. The van der Waals surface area contributed by atoms with Crippen LogP contribution in [0.25, 0.3) is 0 Å². The number of hydrogen-bond acceptors (Lipinski definition) is 7. The molecule has 1 saturated carbocycles. The molecule has 0 bridgehead atoms. The highest BCUT2D eigenvalue weighted by atomic mass is 32.2. The van der Waals surface area contributed by atoms with Gasteiger partial charge in [0.05, 0.1) is 12.1 Å². The largest absolute Gasteiger partial charge is 0.394 e. The van der Waals surface area contributed by atoms with E-state index in [4.69, 9.17) is 0 Å². The molecular formula is C11H19N3OS3. The molecule has 1 aromatic rings. The lowest BCUT2D eigenvalue weighted by Crippen LogP contribution is -2.52. The molecule has 0 radical (unpaired) electrons. The molecule has 2 N–H and O–H groups in total. The molecule has 0 aromatic carbocycles. The van der Waals surface area contributed by atoms with E-state index in [9.17, 15) is 5.11 Å². The summed E-state index contributed by atoms with van der Waals surface area (Å²) in [5.41, 5.74) is -0.134. The van der Waals surface area contributed by atoms with Gasteiger partial charge in [0.15, 0.2) is 8.68 Å². The van der Waals surface area contributed by atoms with E-state index in [-0.39, 0.29) is 12.1 Å². The van der Waals surface area contributed by atoms with Crippen LogP contribution in [0.3, 0.4) is 0 Å². The van der Waals surface area contributed by atoms with E-state index in [1.54, 1.807) is 34.9 Å². The van der Waals surface area contributed by atoms with Crippen molar-refractivity contribution in [2.75, 3.05) is 25.2 Å². The maximum atomic E-state index is 9.73. The number of aromatic nitrogens is 2. The van der Waals surface area contributed by atoms with Gasteiger partial charge in [-0.15, -0.1) is 10.2 Å². The lowest BCUT2D eigenvalue weighted by atomic mass is 9.97. The molecule has 1 aromatic heterocycles. The topological polar surface area (TPSA) is 58.0 Å². The van der Waals surface area contributed by atoms with Crippen LogP contribution in [0.4, 0.5) is 0 Å². The van der Waals surface area contributed by atoms with Gasteiger partial charge >= 0.3 is 0 Å². The van der Waals surface area contributed by atoms with Crippen molar-refractivity contribution in [1.82, 2.24) is 15.5 Å². The van der Waals surface area contributed by atoms with E-state index >= 15 is 0 Å². The van der Waals surface area contributed by atoms with Gasteiger partial charge in [-0.1, -0.05) is 41.8 Å². The van der Waals surface area contributed by atoms with Crippen molar-refractivity contribution in [3.8, 4) is 0 Å². The Balaban J connectivity index is 1.96. The van der Waals surface area contributed by atoms with Crippen LogP contribution in [0.2, 0.25) is 0 Å². The third-order valence-corrected chi connectivity index (χ3v) is 6.47. The smallest absolute Gasteiger partial charge is 0.175 e. The van der Waals surface area contributed by atoms with E-state index in [2.05, 4.69) is 22.4 Å². The Morgan fingerprint density at radius 1 is 1.44 bits per heavy atom. The molecule has 2 rings (SSSR count). The fourth-order valence-electron chi connectivity index (χ4n) is 2.06. The van der Waals surface area contributed by atoms with E-state index in [0.717, 1.165) is 21.0 Å². The van der Waals surface area contributed by atoms with Crippen molar-refractivity contribution in [3.05, 3.63) is 0 Å². The highest BCUT2D eigenvalue weighted by Crippen LogP contribution is 2.42. The Kier molecular flexibility index (Phi) is 5.32. The van der Waals surface area contributed by atoms with Gasteiger partial charge < -0.3 is 10.4 Å². The molecule has 1 unspecified atom stereocenters. The third kappa shape index (κ3) is 3.39. The standard InChI is InChI=1S/C11H19N3OS3/c1-3-12-11(6-15,8-4-5-8)7-17-10-14-13-9(16-2)18-10/h8,12,15H,3-7H2,1-2H3. The minimum absolute atomic E-state index is 0.134. The number of aliphatic hydroxyl groups excluding tert-OH is 1. The summed E-state index contributed by atoms with van der Waals surface area (Å²) in [6.45, 7) is 3.19. The van der Waals surface area contributed by atoms with Gasteiger partial charge in [0, 0.05) is 5.75 Å². The van der Waals surface area contributed by atoms with Crippen LogP contribution in [0, 0.1) is 5.92 Å². The lowest BCUT2D eigenvalue weighted by molar-refractivity contribution is 0.161. The van der Waals surface area contributed by atoms with E-state index in [1.807, 2.05) is 6.26 Å². The second kappa shape index (κ2) is 6.56. The average molecular weight is 305 g/mol. The van der Waals surface area contributed by atoms with Gasteiger partial charge in [0.25, 0.3) is 0 Å². The van der Waals surface area contributed by atoms with Gasteiger partial charge in [0.1, 0.15) is 0 Å². The highest BCUT2D eigenvalue weighted by Gasteiger charge is 2.44. The Bertz CT molecular complexity index is 383. The molecule has 102 valence electrons. The fourth-order valence-corrected chi connectivity index (χ4v) is 4.78. The zero-order valence-corrected chi connectivity index (χ0v) is 13.1. The van der Waals surface area contributed by atoms with Gasteiger partial charge in [-0.3, -0.25) is 0 Å². The van der Waals surface area contributed by atoms with Crippen molar-refractivity contribution in [2.45, 2.75) is 34.0 Å². The van der Waals surface area contributed by atoms with Crippen molar-refractivity contribution in [3.63, 3.8) is 0 Å². The molecule has 1 atom stereocenters. The molecule has 0 spiro atoms. The van der Waals surface area contributed by atoms with Gasteiger partial charge in [-0.25, -0.2) is 0 Å². The number of thioether (sulfide) groups is 2. The van der Waals surface area contributed by atoms with Gasteiger partial charge in [-0.2, -0.15) is 0 Å². The number of likely N-dealkylation sites (N-methyl/N-ethyl adjacent to an activating group) is 1. The molecular weight excluding hydrogens is 286 g/mol. The first-order chi connectivity index (χ1) is 8.74. The first-order valence-electron chi connectivity index (χ1n) is 6.10. The number of nitrogens with zero attached hydrogens (tertiary/aromatic N) is 2. The van der Waals surface area contributed by atoms with E-state index < -0.39 is 0 Å². The second-order valence-corrected chi connectivity index (χ2v) is 7.70. The Morgan fingerprint density at radius 2 is 2.17 bits per heavy atom. The number of nitrogens with one attached hydrogen (secondary N) is 1. The minimum atomic E-state index is -0.134. The van der Waals surface area contributed by atoms with Crippen molar-refractivity contribution in [1.29, 1.82) is 0 Å². The van der Waals surface area contributed by atoms with Crippen molar-refractivity contribution in [2.24, 2.45) is 5.92 Å². The molecule has 0 aliphatic heterocycles. The highest BCUT2D eigenvalue weighted by molar-refractivity contribution is 8.03. The van der Waals surface area contributed by atoms with Crippen LogP contribution in [-0.2, 0) is 0 Å². The summed E-state index contributed by atoms with van der Waals surface area (Å²) in [6.07, 6.45) is 4.45. The fraction of sp³-hybridized carbons (Fsp3) is 0.818. The normalized spacial score (nSPS) is 18.8. The van der Waals surface area contributed by atoms with Crippen molar-refractivity contribution >= 4 is 34.9 Å². The van der Waals surface area contributed by atoms with Crippen LogP contribution in [0.1, 0.15) is 19.8 Å². The van der Waals surface area contributed by atoms with Crippen LogP contribution in [0.15, 0.2) is 8.68 Å². The van der Waals surface area contributed by atoms with Crippen LogP contribution < -0.4 is 5.32 Å². The molecule has 0 saturated heterocycles. The monoisotopic (exact) mass is 305 g/mol. The van der Waals surface area contributed by atoms with Crippen molar-refractivity contribution < 1.29 is 5.11 Å². The second-order valence-electron chi connectivity index (χ2n) is 4.45. The molecule has 1 heterocycles. The predicted octanol–water partition coefficient (Wildman–Crippen LogP) is 2.10. The van der Waals surface area contributed by atoms with Crippen LogP contribution >= 0.6 is 34.9 Å². The first kappa shape index (κ1) is 14.6. The van der Waals surface area contributed by atoms with E-state index in [1.165, 1.54) is 12.8 Å². The molecule has 0 amide bonds. The molecule has 1 aliphatic rings. The number of aliphatic hydroxyl groups is 1. The average Bonchev–Trinajstić information content (AvgIpc) is 3.14. The molecule has 1 aliphatic carbocycles. The zero-order chi connectivity index (χ0) is 13.0. The SMILES string of the molecule is CCNC(CO)(CSc1nnc(SC)s1)C1CC1. The first-order valence-corrected chi connectivity index (χ1v) is 9.13. The van der Waals surface area contributed by atoms with Gasteiger partial charge in [-0.05, 0) is 31.6 Å². The summed E-state index contributed by atoms with van der Waals surface area (Å²) in [5.74, 6) is 1.48. The summed E-state index contributed by atoms with van der Waals surface area (Å²) in [7, 11) is 0. The molecule has 18 heavy (non-hydrogen) atoms. The Labute approximate surface area is 120 Å². The Hall–Kier alpha value is 0.180. The molecule has 4 nitrogen and oxygen atoms in total. The van der Waals surface area contributed by atoms with E-state index in [0.29, 0.717) is 5.92 Å². The number of rotatable bonds is 8. The minimum Gasteiger partial charge on any atom is -0.394 e. The zero-order valence-electron chi connectivity index (χ0n) is 10.7. The number of hydrogen-bond donors (Lipinski definition) is 2. The molecule has 1 fully saturated rings. The van der Waals surface area contributed by atoms with Gasteiger partial charge in [0.2, 0.25) is 0 Å². The summed E-state index contributed by atoms with van der Waals surface area (Å²) < 4.78 is 2.00. The van der Waals surface area contributed by atoms with Crippen LogP contribution in [-0.4, -0.2) is 46.0 Å². The maximum Gasteiger partial charge on any atom is 0.175 e. The third-order valence-electron chi connectivity index (χ3n) is 3.19. The summed E-state index contributed by atoms with van der Waals surface area (Å²) in [5, 5.41) is 21.5. The molecule has 7 heteroatoms. The Morgan fingerprint density at radius 3 is 2.67 bits per heavy atom. The van der Waals surface area contributed by atoms with Crippen LogP contribution in [0.5, 0.6) is 0 Å². The maximum absolute atomic E-state index is 9.73. The summed E-state index contributed by atoms with van der Waals surface area (Å²) in [6, 6.07) is 0.